The standard InChI is InChI=1S/C17H31N7O.HI/c1-18-17(20-13-14-8-10-21-23(14)4)19-9-6-12-24-11-5-7-15(24)16(25)22(2)3;/h8,10,15H,5-7,9,11-13H2,1-4H3,(H2,18,19,20);1H. The highest BCUT2D eigenvalue weighted by Gasteiger charge is 2.30. The lowest BCUT2D eigenvalue weighted by Gasteiger charge is -2.26. The van der Waals surface area contributed by atoms with Crippen molar-refractivity contribution in [1.82, 2.24) is 30.2 Å². The number of likely N-dealkylation sites (tertiary alicyclic amines) is 1. The molecule has 1 aromatic heterocycles. The number of carbonyl (C=O) groups is 1. The fraction of sp³-hybridized carbons (Fsp3) is 0.706. The summed E-state index contributed by atoms with van der Waals surface area (Å²) < 4.78 is 1.84. The molecular formula is C17H32IN7O. The highest BCUT2D eigenvalue weighted by Crippen LogP contribution is 2.18. The van der Waals surface area contributed by atoms with Crippen LogP contribution in [0.3, 0.4) is 0 Å². The van der Waals surface area contributed by atoms with E-state index in [9.17, 15) is 4.79 Å². The number of likely N-dealkylation sites (N-methyl/N-ethyl adjacent to an activating group) is 1. The largest absolute Gasteiger partial charge is 0.356 e. The predicted molar refractivity (Wildman–Crippen MR) is 115 cm³/mol. The van der Waals surface area contributed by atoms with Gasteiger partial charge in [0.15, 0.2) is 5.96 Å². The van der Waals surface area contributed by atoms with Crippen LogP contribution in [0.15, 0.2) is 17.3 Å². The van der Waals surface area contributed by atoms with Crippen LogP contribution in [0.4, 0.5) is 0 Å². The zero-order chi connectivity index (χ0) is 18.2. The molecule has 1 aliphatic rings. The van der Waals surface area contributed by atoms with Gasteiger partial charge in [-0.3, -0.25) is 19.4 Å². The van der Waals surface area contributed by atoms with Gasteiger partial charge >= 0.3 is 0 Å². The molecule has 148 valence electrons. The molecule has 0 saturated carbocycles. The van der Waals surface area contributed by atoms with E-state index in [-0.39, 0.29) is 35.9 Å². The molecule has 8 nitrogen and oxygen atoms in total. The summed E-state index contributed by atoms with van der Waals surface area (Å²) in [5, 5.41) is 10.8. The van der Waals surface area contributed by atoms with Crippen LogP contribution in [0.2, 0.25) is 0 Å². The number of nitrogens with zero attached hydrogens (tertiary/aromatic N) is 5. The zero-order valence-corrected chi connectivity index (χ0v) is 18.6. The van der Waals surface area contributed by atoms with Crippen molar-refractivity contribution in [2.45, 2.75) is 31.8 Å². The van der Waals surface area contributed by atoms with E-state index in [1.807, 2.05) is 31.9 Å². The number of halogens is 1. The minimum absolute atomic E-state index is 0. The number of rotatable bonds is 7. The van der Waals surface area contributed by atoms with Gasteiger partial charge in [-0.05, 0) is 31.9 Å². The lowest BCUT2D eigenvalue weighted by Crippen LogP contribution is -2.44. The summed E-state index contributed by atoms with van der Waals surface area (Å²) in [6, 6.07) is 2.03. The maximum Gasteiger partial charge on any atom is 0.239 e. The Morgan fingerprint density at radius 2 is 2.19 bits per heavy atom. The summed E-state index contributed by atoms with van der Waals surface area (Å²) in [5.41, 5.74) is 1.10. The second-order valence-corrected chi connectivity index (χ2v) is 6.58. The van der Waals surface area contributed by atoms with Gasteiger partial charge in [-0.15, -0.1) is 24.0 Å². The molecule has 1 atom stereocenters. The van der Waals surface area contributed by atoms with Crippen molar-refractivity contribution in [3.63, 3.8) is 0 Å². The smallest absolute Gasteiger partial charge is 0.239 e. The highest BCUT2D eigenvalue weighted by molar-refractivity contribution is 14.0. The van der Waals surface area contributed by atoms with E-state index < -0.39 is 0 Å². The number of amides is 1. The minimum Gasteiger partial charge on any atom is -0.356 e. The van der Waals surface area contributed by atoms with Crippen LogP contribution in [-0.4, -0.2) is 78.3 Å². The average Bonchev–Trinajstić information content (AvgIpc) is 3.22. The molecule has 1 unspecified atom stereocenters. The van der Waals surface area contributed by atoms with E-state index in [0.717, 1.165) is 50.6 Å². The quantitative estimate of drug-likeness (QED) is 0.261. The average molecular weight is 477 g/mol. The second kappa shape index (κ2) is 11.4. The molecule has 1 amide bonds. The van der Waals surface area contributed by atoms with Crippen molar-refractivity contribution in [2.75, 3.05) is 40.8 Å². The van der Waals surface area contributed by atoms with Crippen molar-refractivity contribution < 1.29 is 4.79 Å². The molecule has 0 spiro atoms. The Bertz CT molecular complexity index is 587. The predicted octanol–water partition coefficient (Wildman–Crippen LogP) is 0.646. The van der Waals surface area contributed by atoms with Crippen LogP contribution in [0.1, 0.15) is 25.0 Å². The van der Waals surface area contributed by atoms with Gasteiger partial charge in [-0.25, -0.2) is 0 Å². The van der Waals surface area contributed by atoms with Gasteiger partial charge in [0.25, 0.3) is 0 Å². The van der Waals surface area contributed by atoms with Crippen LogP contribution in [0.25, 0.3) is 0 Å². The Hall–Kier alpha value is -1.36. The molecule has 2 N–H and O–H groups in total. The van der Waals surface area contributed by atoms with Crippen molar-refractivity contribution >= 4 is 35.8 Å². The SMILES string of the molecule is CN=C(NCCCN1CCCC1C(=O)N(C)C)NCc1ccnn1C.I. The molecule has 1 fully saturated rings. The topological polar surface area (TPSA) is 77.8 Å². The molecule has 0 aliphatic carbocycles. The number of aryl methyl sites for hydroxylation is 1. The van der Waals surface area contributed by atoms with E-state index in [4.69, 9.17) is 0 Å². The normalized spacial score (nSPS) is 17.7. The second-order valence-electron chi connectivity index (χ2n) is 6.58. The third-order valence-corrected chi connectivity index (χ3v) is 4.59. The van der Waals surface area contributed by atoms with Gasteiger partial charge in [0.05, 0.1) is 18.3 Å². The number of aromatic nitrogens is 2. The molecule has 0 aromatic carbocycles. The fourth-order valence-electron chi connectivity index (χ4n) is 3.13. The van der Waals surface area contributed by atoms with Crippen LogP contribution >= 0.6 is 24.0 Å². The van der Waals surface area contributed by atoms with Crippen molar-refractivity contribution in [1.29, 1.82) is 0 Å². The third-order valence-electron chi connectivity index (χ3n) is 4.59. The van der Waals surface area contributed by atoms with Crippen LogP contribution in [-0.2, 0) is 18.4 Å². The minimum atomic E-state index is 0. The van der Waals surface area contributed by atoms with Crippen molar-refractivity contribution in [3.05, 3.63) is 18.0 Å². The zero-order valence-electron chi connectivity index (χ0n) is 16.2. The lowest BCUT2D eigenvalue weighted by molar-refractivity contribution is -0.133. The van der Waals surface area contributed by atoms with Crippen LogP contribution in [0, 0.1) is 0 Å². The van der Waals surface area contributed by atoms with Gasteiger partial charge in [-0.1, -0.05) is 0 Å². The Morgan fingerprint density at radius 1 is 1.42 bits per heavy atom. The van der Waals surface area contributed by atoms with Gasteiger partial charge in [-0.2, -0.15) is 5.10 Å². The summed E-state index contributed by atoms with van der Waals surface area (Å²) in [7, 11) is 7.36. The Morgan fingerprint density at radius 3 is 2.81 bits per heavy atom. The molecule has 1 aromatic rings. The number of hydrogen-bond donors (Lipinski definition) is 2. The molecule has 0 bridgehead atoms. The van der Waals surface area contributed by atoms with Crippen LogP contribution in [0.5, 0.6) is 0 Å². The molecule has 1 aliphatic heterocycles. The monoisotopic (exact) mass is 477 g/mol. The maximum absolute atomic E-state index is 12.2. The first-order valence-corrected chi connectivity index (χ1v) is 8.89. The first-order chi connectivity index (χ1) is 12.0. The molecule has 2 heterocycles. The number of nitrogens with one attached hydrogen (secondary N) is 2. The van der Waals surface area contributed by atoms with E-state index >= 15 is 0 Å². The Balaban J connectivity index is 0.00000338. The van der Waals surface area contributed by atoms with Crippen molar-refractivity contribution in [2.24, 2.45) is 12.0 Å². The van der Waals surface area contributed by atoms with E-state index in [0.29, 0.717) is 6.54 Å². The Kier molecular flexibility index (Phi) is 9.92. The summed E-state index contributed by atoms with van der Waals surface area (Å²) in [6.07, 6.45) is 4.84. The first-order valence-electron chi connectivity index (χ1n) is 8.89. The summed E-state index contributed by atoms with van der Waals surface area (Å²) >= 11 is 0. The Labute approximate surface area is 173 Å². The van der Waals surface area contributed by atoms with E-state index in [1.165, 1.54) is 0 Å². The first kappa shape index (κ1) is 22.7. The molecule has 0 radical (unpaired) electrons. The van der Waals surface area contributed by atoms with Crippen molar-refractivity contribution in [3.8, 4) is 0 Å². The maximum atomic E-state index is 12.2. The van der Waals surface area contributed by atoms with E-state index in [2.05, 4.69) is 25.6 Å². The molecule has 9 heteroatoms. The summed E-state index contributed by atoms with van der Waals surface area (Å²) in [5.74, 6) is 1.00. The van der Waals surface area contributed by atoms with Gasteiger partial charge in [0, 0.05) is 47.5 Å². The molecule has 26 heavy (non-hydrogen) atoms. The molecule has 2 rings (SSSR count). The molecular weight excluding hydrogens is 445 g/mol. The fourth-order valence-corrected chi connectivity index (χ4v) is 3.13. The van der Waals surface area contributed by atoms with Gasteiger partial charge in [0.1, 0.15) is 0 Å². The highest BCUT2D eigenvalue weighted by atomic mass is 127. The van der Waals surface area contributed by atoms with E-state index in [1.54, 1.807) is 18.1 Å². The van der Waals surface area contributed by atoms with Gasteiger partial charge < -0.3 is 15.5 Å². The lowest BCUT2D eigenvalue weighted by atomic mass is 10.2. The summed E-state index contributed by atoms with van der Waals surface area (Å²) in [6.45, 7) is 3.44. The number of aliphatic imine (C=N–C) groups is 1. The summed E-state index contributed by atoms with van der Waals surface area (Å²) in [4.78, 5) is 20.4. The number of guanidine groups is 1. The number of carbonyl (C=O) groups excluding carboxylic acids is 1. The van der Waals surface area contributed by atoms with Gasteiger partial charge in [0.2, 0.25) is 5.91 Å². The number of hydrogen-bond acceptors (Lipinski definition) is 4. The third kappa shape index (κ3) is 6.42. The molecule has 1 saturated heterocycles. The van der Waals surface area contributed by atoms with Crippen LogP contribution < -0.4 is 10.6 Å².